The Morgan fingerprint density at radius 3 is 2.96 bits per heavy atom. The van der Waals surface area contributed by atoms with Crippen LogP contribution < -0.4 is 0 Å². The summed E-state index contributed by atoms with van der Waals surface area (Å²) in [7, 11) is 0. The highest BCUT2D eigenvalue weighted by molar-refractivity contribution is 5.64. The summed E-state index contributed by atoms with van der Waals surface area (Å²) < 4.78 is 10.7. The number of aromatic nitrogens is 5. The van der Waals surface area contributed by atoms with Gasteiger partial charge in [0.05, 0.1) is 12.0 Å². The first-order valence-corrected chi connectivity index (χ1v) is 9.25. The first-order chi connectivity index (χ1) is 13.2. The number of hydrogen-bond donors (Lipinski definition) is 1. The molecule has 27 heavy (non-hydrogen) atoms. The topological polar surface area (TPSA) is 93.0 Å². The highest BCUT2D eigenvalue weighted by atomic mass is 16.5. The van der Waals surface area contributed by atoms with Gasteiger partial charge in [0, 0.05) is 49.4 Å². The molecule has 0 saturated carbocycles. The van der Waals surface area contributed by atoms with Gasteiger partial charge in [0.25, 0.3) is 5.89 Å². The maximum absolute atomic E-state index is 5.36. The van der Waals surface area contributed by atoms with Crippen molar-refractivity contribution in [3.05, 3.63) is 46.6 Å². The minimum Gasteiger partial charge on any atom is -0.372 e. The number of nitrogens with zero attached hydrogens (tertiary/aromatic N) is 5. The Bertz CT molecular complexity index is 932. The fourth-order valence-corrected chi connectivity index (χ4v) is 3.50. The first-order valence-electron chi connectivity index (χ1n) is 9.25. The molecule has 0 aromatic carbocycles. The monoisotopic (exact) mass is 368 g/mol. The van der Waals surface area contributed by atoms with Crippen molar-refractivity contribution in [1.82, 2.24) is 30.0 Å². The molecule has 1 aliphatic heterocycles. The molecule has 3 aromatic rings. The fraction of sp³-hybridized carbons (Fsp3) is 0.474. The maximum Gasteiger partial charge on any atom is 0.252 e. The number of nitrogens with one attached hydrogen (secondary N) is 1. The summed E-state index contributed by atoms with van der Waals surface area (Å²) >= 11 is 0. The molecular formula is C19H24N6O2. The molecule has 0 spiro atoms. The minimum atomic E-state index is 0.335. The van der Waals surface area contributed by atoms with Gasteiger partial charge in [-0.2, -0.15) is 4.98 Å². The van der Waals surface area contributed by atoms with Crippen molar-refractivity contribution in [2.45, 2.75) is 46.9 Å². The van der Waals surface area contributed by atoms with E-state index in [0.29, 0.717) is 24.9 Å². The molecule has 0 amide bonds. The number of hydrogen-bond acceptors (Lipinski definition) is 7. The van der Waals surface area contributed by atoms with Gasteiger partial charge in [-0.3, -0.25) is 9.88 Å². The van der Waals surface area contributed by atoms with E-state index in [1.807, 2.05) is 20.0 Å². The molecule has 0 bridgehead atoms. The molecule has 0 fully saturated rings. The molecule has 4 heterocycles. The minimum absolute atomic E-state index is 0.335. The molecular weight excluding hydrogens is 344 g/mol. The van der Waals surface area contributed by atoms with Gasteiger partial charge in [-0.1, -0.05) is 5.16 Å². The number of H-pyrrole nitrogens is 1. The second kappa shape index (κ2) is 7.58. The SMILES string of the molecule is CCOCc1nc(-c2c(C)ncc3c2CCN(Cc2nc[nH]c2C)C3)no1. The summed E-state index contributed by atoms with van der Waals surface area (Å²) in [6, 6.07) is 0. The van der Waals surface area contributed by atoms with Gasteiger partial charge in [-0.25, -0.2) is 4.98 Å². The van der Waals surface area contributed by atoms with Crippen LogP contribution in [0.1, 0.15) is 41.0 Å². The largest absolute Gasteiger partial charge is 0.372 e. The molecule has 3 aromatic heterocycles. The van der Waals surface area contributed by atoms with E-state index in [1.54, 1.807) is 6.33 Å². The van der Waals surface area contributed by atoms with Crippen molar-refractivity contribution in [2.24, 2.45) is 0 Å². The van der Waals surface area contributed by atoms with Gasteiger partial charge >= 0.3 is 0 Å². The van der Waals surface area contributed by atoms with E-state index in [9.17, 15) is 0 Å². The van der Waals surface area contributed by atoms with Gasteiger partial charge in [-0.05, 0) is 38.3 Å². The number of imidazole rings is 1. The van der Waals surface area contributed by atoms with Crippen molar-refractivity contribution in [3.63, 3.8) is 0 Å². The van der Waals surface area contributed by atoms with Gasteiger partial charge in [-0.15, -0.1) is 0 Å². The molecule has 0 saturated heterocycles. The Morgan fingerprint density at radius 1 is 1.30 bits per heavy atom. The number of pyridine rings is 1. The summed E-state index contributed by atoms with van der Waals surface area (Å²) in [5.41, 5.74) is 6.62. The second-order valence-corrected chi connectivity index (χ2v) is 6.81. The van der Waals surface area contributed by atoms with Crippen LogP contribution in [-0.2, 0) is 30.9 Å². The van der Waals surface area contributed by atoms with Crippen molar-refractivity contribution < 1.29 is 9.26 Å². The molecule has 1 N–H and O–H groups in total. The van der Waals surface area contributed by atoms with E-state index in [0.717, 1.165) is 48.7 Å². The van der Waals surface area contributed by atoms with Crippen molar-refractivity contribution in [1.29, 1.82) is 0 Å². The Labute approximate surface area is 158 Å². The molecule has 4 rings (SSSR count). The molecule has 8 heteroatoms. The van der Waals surface area contributed by atoms with Crippen molar-refractivity contribution in [2.75, 3.05) is 13.2 Å². The molecule has 0 radical (unpaired) electrons. The summed E-state index contributed by atoms with van der Waals surface area (Å²) in [4.78, 5) is 19.0. The van der Waals surface area contributed by atoms with Crippen LogP contribution in [0.4, 0.5) is 0 Å². The standard InChI is InChI=1S/C19H24N6O2/c1-4-26-10-17-23-19(24-27-17)18-13(3)20-7-14-8-25(6-5-15(14)18)9-16-12(2)21-11-22-16/h7,11H,4-6,8-10H2,1-3H3,(H,21,22). The number of aryl methyl sites for hydroxylation is 2. The first kappa shape index (κ1) is 17.8. The Kier molecular flexibility index (Phi) is 5.00. The van der Waals surface area contributed by atoms with Gasteiger partial charge < -0.3 is 14.2 Å². The van der Waals surface area contributed by atoms with E-state index < -0.39 is 0 Å². The van der Waals surface area contributed by atoms with Crippen LogP contribution in [0.25, 0.3) is 11.4 Å². The molecule has 142 valence electrons. The van der Waals surface area contributed by atoms with Crippen LogP contribution in [0.2, 0.25) is 0 Å². The number of aromatic amines is 1. The maximum atomic E-state index is 5.36. The zero-order valence-electron chi connectivity index (χ0n) is 15.9. The van der Waals surface area contributed by atoms with Crippen LogP contribution in [0.5, 0.6) is 0 Å². The lowest BCUT2D eigenvalue weighted by Gasteiger charge is -2.29. The van der Waals surface area contributed by atoms with Gasteiger partial charge in [0.15, 0.2) is 0 Å². The van der Waals surface area contributed by atoms with Crippen LogP contribution in [0, 0.1) is 13.8 Å². The Hall–Kier alpha value is -2.58. The lowest BCUT2D eigenvalue weighted by molar-refractivity contribution is 0.109. The van der Waals surface area contributed by atoms with E-state index in [2.05, 4.69) is 36.9 Å². The average Bonchev–Trinajstić information content (AvgIpc) is 3.29. The van der Waals surface area contributed by atoms with Crippen LogP contribution >= 0.6 is 0 Å². The molecule has 1 aliphatic rings. The summed E-state index contributed by atoms with van der Waals surface area (Å²) in [6.45, 7) is 9.57. The van der Waals surface area contributed by atoms with Gasteiger partial charge in [0.2, 0.25) is 5.82 Å². The highest BCUT2D eigenvalue weighted by Crippen LogP contribution is 2.31. The zero-order chi connectivity index (χ0) is 18.8. The normalized spacial score (nSPS) is 14.5. The number of fused-ring (bicyclic) bond motifs is 1. The molecule has 0 aliphatic carbocycles. The quantitative estimate of drug-likeness (QED) is 0.715. The van der Waals surface area contributed by atoms with Crippen molar-refractivity contribution >= 4 is 0 Å². The van der Waals surface area contributed by atoms with Crippen molar-refractivity contribution in [3.8, 4) is 11.4 Å². The third kappa shape index (κ3) is 3.63. The third-order valence-electron chi connectivity index (χ3n) is 4.97. The van der Waals surface area contributed by atoms with Gasteiger partial charge in [0.1, 0.15) is 6.61 Å². The smallest absolute Gasteiger partial charge is 0.252 e. The Balaban J connectivity index is 1.58. The second-order valence-electron chi connectivity index (χ2n) is 6.81. The van der Waals surface area contributed by atoms with Crippen LogP contribution in [0.3, 0.4) is 0 Å². The highest BCUT2D eigenvalue weighted by Gasteiger charge is 2.24. The van der Waals surface area contributed by atoms with Crippen LogP contribution in [-0.4, -0.2) is 43.1 Å². The summed E-state index contributed by atoms with van der Waals surface area (Å²) in [5, 5.41) is 4.17. The third-order valence-corrected chi connectivity index (χ3v) is 4.97. The summed E-state index contributed by atoms with van der Waals surface area (Å²) in [5.74, 6) is 1.10. The van der Waals surface area contributed by atoms with E-state index >= 15 is 0 Å². The van der Waals surface area contributed by atoms with E-state index in [-0.39, 0.29) is 0 Å². The molecule has 8 nitrogen and oxygen atoms in total. The lowest BCUT2D eigenvalue weighted by atomic mass is 9.94. The Morgan fingerprint density at radius 2 is 2.19 bits per heavy atom. The number of ether oxygens (including phenoxy) is 1. The lowest BCUT2D eigenvalue weighted by Crippen LogP contribution is -2.31. The number of rotatable bonds is 6. The fourth-order valence-electron chi connectivity index (χ4n) is 3.50. The summed E-state index contributed by atoms with van der Waals surface area (Å²) in [6.07, 6.45) is 4.65. The molecule has 0 unspecified atom stereocenters. The zero-order valence-corrected chi connectivity index (χ0v) is 15.9. The molecule has 0 atom stereocenters. The predicted octanol–water partition coefficient (Wildman–Crippen LogP) is 2.57. The average molecular weight is 368 g/mol. The predicted molar refractivity (Wildman–Crippen MR) is 98.7 cm³/mol. The van der Waals surface area contributed by atoms with E-state index in [1.165, 1.54) is 11.1 Å². The van der Waals surface area contributed by atoms with Crippen LogP contribution in [0.15, 0.2) is 17.0 Å². The van der Waals surface area contributed by atoms with E-state index in [4.69, 9.17) is 9.26 Å².